The minimum absolute atomic E-state index is 0.0109. The molecule has 0 aliphatic heterocycles. The summed E-state index contributed by atoms with van der Waals surface area (Å²) in [5, 5.41) is 11.4. The number of aromatic carboxylic acids is 1. The second-order valence-electron chi connectivity index (χ2n) is 5.08. The molecule has 126 valence electrons. The highest BCUT2D eigenvalue weighted by molar-refractivity contribution is 5.94. The van der Waals surface area contributed by atoms with Gasteiger partial charge in [0.25, 0.3) is 5.56 Å². The molecule has 0 spiro atoms. The molecule has 3 aromatic rings. The van der Waals surface area contributed by atoms with E-state index >= 15 is 0 Å². The first-order chi connectivity index (χ1) is 12.1. The average molecular weight is 339 g/mol. The smallest absolute Gasteiger partial charge is 0.412 e. The molecule has 2 aromatic heterocycles. The van der Waals surface area contributed by atoms with Gasteiger partial charge in [0.2, 0.25) is 0 Å². The monoisotopic (exact) mass is 339 g/mol. The maximum absolute atomic E-state index is 12.4. The van der Waals surface area contributed by atoms with Crippen molar-refractivity contribution in [2.75, 3.05) is 5.32 Å². The highest BCUT2D eigenvalue weighted by atomic mass is 16.5. The summed E-state index contributed by atoms with van der Waals surface area (Å²) in [7, 11) is 0. The summed E-state index contributed by atoms with van der Waals surface area (Å²) in [6.45, 7) is 0.0537. The van der Waals surface area contributed by atoms with E-state index in [-0.39, 0.29) is 23.5 Å². The molecule has 1 amide bonds. The maximum atomic E-state index is 12.4. The van der Waals surface area contributed by atoms with E-state index in [2.05, 4.69) is 10.3 Å². The number of nitrogens with one attached hydrogen (secondary N) is 1. The van der Waals surface area contributed by atoms with Crippen LogP contribution in [-0.2, 0) is 11.3 Å². The molecule has 2 heterocycles. The van der Waals surface area contributed by atoms with E-state index in [1.54, 1.807) is 12.1 Å². The molecular weight excluding hydrogens is 326 g/mol. The van der Waals surface area contributed by atoms with Gasteiger partial charge in [-0.3, -0.25) is 14.5 Å². The molecule has 1 aromatic carbocycles. The van der Waals surface area contributed by atoms with Gasteiger partial charge >= 0.3 is 12.1 Å². The minimum atomic E-state index is -1.20. The van der Waals surface area contributed by atoms with Gasteiger partial charge in [0.1, 0.15) is 17.9 Å². The van der Waals surface area contributed by atoms with Gasteiger partial charge < -0.3 is 9.84 Å². The summed E-state index contributed by atoms with van der Waals surface area (Å²) in [6.07, 6.45) is 1.67. The fourth-order valence-corrected chi connectivity index (χ4v) is 2.23. The Labute approximate surface area is 141 Å². The lowest BCUT2D eigenvalue weighted by molar-refractivity contribution is 0.0698. The van der Waals surface area contributed by atoms with E-state index in [4.69, 9.17) is 9.84 Å². The van der Waals surface area contributed by atoms with Gasteiger partial charge in [-0.2, -0.15) is 0 Å². The number of amides is 1. The Morgan fingerprint density at radius 3 is 2.64 bits per heavy atom. The molecule has 0 aliphatic rings. The second-order valence-corrected chi connectivity index (χ2v) is 5.08. The quantitative estimate of drug-likeness (QED) is 0.753. The zero-order chi connectivity index (χ0) is 17.8. The van der Waals surface area contributed by atoms with Crippen LogP contribution in [0.4, 0.5) is 10.5 Å². The number of fused-ring (bicyclic) bond motifs is 1. The number of hydrogen-bond donors (Lipinski definition) is 2. The van der Waals surface area contributed by atoms with Crippen LogP contribution in [0.15, 0.2) is 59.7 Å². The molecule has 3 rings (SSSR count). The van der Waals surface area contributed by atoms with Gasteiger partial charge in [-0.15, -0.1) is 0 Å². The van der Waals surface area contributed by atoms with Crippen LogP contribution in [0.3, 0.4) is 0 Å². The lowest BCUT2D eigenvalue weighted by atomic mass is 10.2. The van der Waals surface area contributed by atoms with Crippen molar-refractivity contribution in [3.05, 3.63) is 76.3 Å². The Morgan fingerprint density at radius 1 is 1.16 bits per heavy atom. The van der Waals surface area contributed by atoms with Gasteiger partial charge in [0.15, 0.2) is 5.65 Å². The molecule has 0 radical (unpaired) electrons. The molecular formula is C17H13N3O5. The summed E-state index contributed by atoms with van der Waals surface area (Å²) >= 11 is 0. The topological polar surface area (TPSA) is 110 Å². The van der Waals surface area contributed by atoms with Gasteiger partial charge in [-0.1, -0.05) is 30.3 Å². The maximum Gasteiger partial charge on any atom is 0.412 e. The Bertz CT molecular complexity index is 998. The van der Waals surface area contributed by atoms with Crippen LogP contribution in [0.1, 0.15) is 15.9 Å². The van der Waals surface area contributed by atoms with Gasteiger partial charge in [0, 0.05) is 6.20 Å². The summed E-state index contributed by atoms with van der Waals surface area (Å²) in [5.74, 6) is -1.20. The lowest BCUT2D eigenvalue weighted by Gasteiger charge is -2.08. The van der Waals surface area contributed by atoms with Crippen LogP contribution >= 0.6 is 0 Å². The number of nitrogens with zero attached hydrogens (tertiary/aromatic N) is 2. The van der Waals surface area contributed by atoms with Crippen molar-refractivity contribution in [1.29, 1.82) is 0 Å². The van der Waals surface area contributed by atoms with Crippen molar-refractivity contribution < 1.29 is 19.4 Å². The molecule has 0 fully saturated rings. The molecule has 0 aliphatic carbocycles. The number of hydrogen-bond acceptors (Lipinski definition) is 5. The molecule has 0 bridgehead atoms. The van der Waals surface area contributed by atoms with Crippen LogP contribution in [0.25, 0.3) is 5.65 Å². The van der Waals surface area contributed by atoms with Crippen LogP contribution < -0.4 is 10.9 Å². The van der Waals surface area contributed by atoms with Crippen molar-refractivity contribution in [2.45, 2.75) is 6.61 Å². The number of benzene rings is 1. The van der Waals surface area contributed by atoms with Crippen molar-refractivity contribution >= 4 is 23.4 Å². The number of carbonyl (C=O) groups excluding carboxylic acids is 1. The van der Waals surface area contributed by atoms with Crippen molar-refractivity contribution in [3.63, 3.8) is 0 Å². The third-order valence-electron chi connectivity index (χ3n) is 3.41. The summed E-state index contributed by atoms with van der Waals surface area (Å²) < 4.78 is 6.09. The van der Waals surface area contributed by atoms with Gasteiger partial charge in [-0.25, -0.2) is 14.6 Å². The molecule has 0 saturated heterocycles. The highest BCUT2D eigenvalue weighted by Gasteiger charge is 2.14. The summed E-state index contributed by atoms with van der Waals surface area (Å²) in [4.78, 5) is 39.3. The van der Waals surface area contributed by atoms with Crippen LogP contribution in [-0.4, -0.2) is 26.6 Å². The van der Waals surface area contributed by atoms with Crippen LogP contribution in [0, 0.1) is 0 Å². The largest absolute Gasteiger partial charge is 0.478 e. The van der Waals surface area contributed by atoms with E-state index in [1.165, 1.54) is 18.3 Å². The Kier molecular flexibility index (Phi) is 4.42. The number of ether oxygens (including phenoxy) is 1. The number of anilines is 1. The molecule has 0 unspecified atom stereocenters. The zero-order valence-corrected chi connectivity index (χ0v) is 12.9. The van der Waals surface area contributed by atoms with E-state index < -0.39 is 17.6 Å². The molecule has 8 heteroatoms. The SMILES string of the molecule is O=C(Nc1cnc2c(C(=O)O)cccn2c1=O)OCc1ccccc1. The third kappa shape index (κ3) is 3.47. The predicted molar refractivity (Wildman–Crippen MR) is 88.7 cm³/mol. The second kappa shape index (κ2) is 6.83. The normalized spacial score (nSPS) is 10.4. The van der Waals surface area contributed by atoms with Crippen LogP contribution in [0.2, 0.25) is 0 Å². The lowest BCUT2D eigenvalue weighted by Crippen LogP contribution is -2.24. The van der Waals surface area contributed by atoms with Gasteiger partial charge in [-0.05, 0) is 17.7 Å². The number of carboxylic acid groups (broad SMARTS) is 1. The first-order valence-electron chi connectivity index (χ1n) is 7.27. The standard InChI is InChI=1S/C17H13N3O5/c21-15-13(19-17(24)25-10-11-5-2-1-3-6-11)9-18-14-12(16(22)23)7-4-8-20(14)15/h1-9H,10H2,(H,19,24)(H,22,23). The number of carbonyl (C=O) groups is 2. The van der Waals surface area contributed by atoms with Crippen molar-refractivity contribution in [1.82, 2.24) is 9.38 Å². The Hall–Kier alpha value is -3.68. The zero-order valence-electron chi connectivity index (χ0n) is 12.9. The van der Waals surface area contributed by atoms with Crippen molar-refractivity contribution in [3.8, 4) is 0 Å². The average Bonchev–Trinajstić information content (AvgIpc) is 2.63. The molecule has 25 heavy (non-hydrogen) atoms. The van der Waals surface area contributed by atoms with E-state index in [1.807, 2.05) is 18.2 Å². The number of rotatable bonds is 4. The first kappa shape index (κ1) is 16.2. The van der Waals surface area contributed by atoms with Gasteiger partial charge in [0.05, 0.1) is 6.20 Å². The fourth-order valence-electron chi connectivity index (χ4n) is 2.23. The molecule has 2 N–H and O–H groups in total. The van der Waals surface area contributed by atoms with E-state index in [0.29, 0.717) is 0 Å². The van der Waals surface area contributed by atoms with E-state index in [0.717, 1.165) is 16.2 Å². The first-order valence-corrected chi connectivity index (χ1v) is 7.27. The Balaban J connectivity index is 1.80. The third-order valence-corrected chi connectivity index (χ3v) is 3.41. The van der Waals surface area contributed by atoms with Crippen molar-refractivity contribution in [2.24, 2.45) is 0 Å². The molecule has 0 atom stereocenters. The predicted octanol–water partition coefficient (Wildman–Crippen LogP) is 2.14. The fraction of sp³-hybridized carbons (Fsp3) is 0.0588. The molecule has 8 nitrogen and oxygen atoms in total. The molecule has 0 saturated carbocycles. The summed E-state index contributed by atoms with van der Waals surface area (Å²) in [5.41, 5.74) is -0.0408. The van der Waals surface area contributed by atoms with E-state index in [9.17, 15) is 14.4 Å². The Morgan fingerprint density at radius 2 is 1.92 bits per heavy atom. The number of aromatic nitrogens is 2. The number of carboxylic acids is 1. The van der Waals surface area contributed by atoms with Crippen LogP contribution in [0.5, 0.6) is 0 Å². The summed E-state index contributed by atoms with van der Waals surface area (Å²) in [6, 6.07) is 11.8. The number of pyridine rings is 1. The minimum Gasteiger partial charge on any atom is -0.478 e. The highest BCUT2D eigenvalue weighted by Crippen LogP contribution is 2.09.